The Hall–Kier alpha value is -11.5. The second-order valence-corrected chi connectivity index (χ2v) is 20.9. The fraction of sp³-hybridized carbons (Fsp3) is 0. The van der Waals surface area contributed by atoms with Crippen LogP contribution >= 0.6 is 0 Å². The summed E-state index contributed by atoms with van der Waals surface area (Å²) >= 11 is 0. The number of aromatic nitrogens is 20. The molecule has 0 bridgehead atoms. The number of imidazole rings is 10. The molecule has 94 heavy (non-hydrogen) atoms. The van der Waals surface area contributed by atoms with Crippen molar-refractivity contribution in [3.05, 3.63) is 243 Å². The van der Waals surface area contributed by atoms with Gasteiger partial charge in [-0.1, -0.05) is 157 Å². The van der Waals surface area contributed by atoms with Gasteiger partial charge >= 0.3 is 33.6 Å². The predicted octanol–water partition coefficient (Wildman–Crippen LogP) is 8.79. The van der Waals surface area contributed by atoms with Crippen LogP contribution in [0, 0.1) is 0 Å². The van der Waals surface area contributed by atoms with Gasteiger partial charge in [-0.05, 0) is 119 Å². The van der Waals surface area contributed by atoms with E-state index in [9.17, 15) is 0 Å². The number of nitrogens with one attached hydrogen (secondary N) is 8. The molecule has 460 valence electrons. The van der Waals surface area contributed by atoms with Crippen LogP contribution < -0.4 is 34.8 Å². The summed E-state index contributed by atoms with van der Waals surface area (Å²) in [6.45, 7) is 0. The first-order valence-electron chi connectivity index (χ1n) is 28.9. The first-order chi connectivity index (χ1) is 44.5. The van der Waals surface area contributed by atoms with Gasteiger partial charge in [0.05, 0.1) is 88.3 Å². The molecule has 0 aliphatic heterocycles. The molecule has 0 spiro atoms. The maximum atomic E-state index is 4.53. The van der Waals surface area contributed by atoms with E-state index in [0.29, 0.717) is 11.6 Å². The SMILES string of the molecule is [Cl-].[Cl-].[Co+2].[Co+2].c1ccc2[n-]c(-c3nc4ccccc4[n-]3)nc2c1.c1ccc2[nH]c(-c3nc4ccccc4[nH]3)nc2c1.c1ccc2[nH]c(-c3nc4ccccc4[nH]3)nc2c1.c1ccc2[nH]c(-c3nc4ccccc4[nH]3)nc2c1.c1ccc2[nH]c(-c3nc4ccccc4[nH]3)nc2c1. The number of nitrogens with zero attached hydrogens (tertiary/aromatic N) is 12. The van der Waals surface area contributed by atoms with Gasteiger partial charge in [-0.2, -0.15) is 0 Å². The van der Waals surface area contributed by atoms with E-state index in [0.717, 1.165) is 157 Å². The normalized spacial score (nSPS) is 10.9. The fourth-order valence-electron chi connectivity index (χ4n) is 10.5. The van der Waals surface area contributed by atoms with Crippen LogP contribution in [0.15, 0.2) is 243 Å². The van der Waals surface area contributed by atoms with E-state index in [1.165, 1.54) is 0 Å². The van der Waals surface area contributed by atoms with Crippen LogP contribution in [0.5, 0.6) is 0 Å². The second-order valence-electron chi connectivity index (χ2n) is 20.9. The molecule has 0 aliphatic carbocycles. The summed E-state index contributed by atoms with van der Waals surface area (Å²) in [5.41, 5.74) is 19.3. The Balaban J connectivity index is 0.000000112. The molecule has 0 saturated heterocycles. The molecule has 10 aromatic carbocycles. The minimum Gasteiger partial charge on any atom is -1.00 e. The van der Waals surface area contributed by atoms with Gasteiger partial charge in [0.25, 0.3) is 0 Å². The quantitative estimate of drug-likeness (QED) is 0.0803. The van der Waals surface area contributed by atoms with Crippen LogP contribution in [0.2, 0.25) is 0 Å². The van der Waals surface area contributed by atoms with Crippen molar-refractivity contribution < 1.29 is 58.4 Å². The predicted molar refractivity (Wildman–Crippen MR) is 354 cm³/mol. The van der Waals surface area contributed by atoms with Gasteiger partial charge in [0, 0.05) is 0 Å². The van der Waals surface area contributed by atoms with Crippen molar-refractivity contribution in [3.8, 4) is 58.2 Å². The Labute approximate surface area is 565 Å². The van der Waals surface area contributed by atoms with Crippen molar-refractivity contribution >= 4 is 110 Å². The van der Waals surface area contributed by atoms with Crippen molar-refractivity contribution in [2.45, 2.75) is 0 Å². The zero-order valence-electron chi connectivity index (χ0n) is 48.9. The Morgan fingerprint density at radius 2 is 0.330 bits per heavy atom. The zero-order valence-corrected chi connectivity index (χ0v) is 52.5. The van der Waals surface area contributed by atoms with E-state index in [4.69, 9.17) is 0 Å². The standard InChI is InChI=1S/4C14H10N4.C14H8N4.2ClH.2Co/c5*1-2-6-10-9(5-1)15-13(16-10)14-17-11-7-3-4-8-12(11)18-14;;;;/h4*1-8H,(H,15,16)(H,17,18);1-8H;2*1H;;/q;;;;-2;;;2*+2/p-2. The van der Waals surface area contributed by atoms with Gasteiger partial charge in [-0.15, -0.1) is 0 Å². The molecule has 10 heterocycles. The summed E-state index contributed by atoms with van der Waals surface area (Å²) in [6, 6.07) is 79.2. The van der Waals surface area contributed by atoms with Crippen molar-refractivity contribution in [2.24, 2.45) is 0 Å². The van der Waals surface area contributed by atoms with Crippen LogP contribution in [-0.4, -0.2) is 89.7 Å². The summed E-state index contributed by atoms with van der Waals surface area (Å²) in [5.74, 6) is 7.35. The minimum atomic E-state index is 0. The number of halogens is 2. The van der Waals surface area contributed by atoms with Crippen LogP contribution in [0.1, 0.15) is 0 Å². The number of hydrogen-bond donors (Lipinski definition) is 8. The number of para-hydroxylation sites is 20. The number of fused-ring (bicyclic) bond motifs is 10. The molecule has 0 aliphatic rings. The maximum Gasteiger partial charge on any atom is 2.00 e. The molecule has 0 unspecified atom stereocenters. The summed E-state index contributed by atoms with van der Waals surface area (Å²) in [6.07, 6.45) is 0. The number of H-pyrrole nitrogens is 8. The average molecular weight is 1360 g/mol. The fourth-order valence-corrected chi connectivity index (χ4v) is 10.5. The van der Waals surface area contributed by atoms with Crippen molar-refractivity contribution in [2.75, 3.05) is 0 Å². The van der Waals surface area contributed by atoms with E-state index in [-0.39, 0.29) is 58.4 Å². The van der Waals surface area contributed by atoms with Gasteiger partial charge in [-0.25, -0.2) is 39.9 Å². The third kappa shape index (κ3) is 12.9. The van der Waals surface area contributed by atoms with Crippen LogP contribution in [-0.2, 0) is 33.6 Å². The van der Waals surface area contributed by atoms with Gasteiger partial charge < -0.3 is 84.6 Å². The first-order valence-corrected chi connectivity index (χ1v) is 28.9. The molecule has 20 rings (SSSR count). The summed E-state index contributed by atoms with van der Waals surface area (Å²) < 4.78 is 0. The van der Waals surface area contributed by atoms with E-state index in [1.54, 1.807) is 0 Å². The summed E-state index contributed by atoms with van der Waals surface area (Å²) in [5, 5.41) is 0. The first kappa shape index (κ1) is 62.7. The maximum absolute atomic E-state index is 4.53. The van der Waals surface area contributed by atoms with Crippen molar-refractivity contribution in [3.63, 3.8) is 0 Å². The molecule has 20 aromatic rings. The summed E-state index contributed by atoms with van der Waals surface area (Å²) in [7, 11) is 0. The molecule has 20 nitrogen and oxygen atoms in total. The third-order valence-corrected chi connectivity index (χ3v) is 14.9. The Bertz CT molecular complexity index is 4380. The van der Waals surface area contributed by atoms with Gasteiger partial charge in [-0.3, -0.25) is 0 Å². The smallest absolute Gasteiger partial charge is 1.00 e. The van der Waals surface area contributed by atoms with Gasteiger partial charge in [0.15, 0.2) is 46.6 Å². The van der Waals surface area contributed by atoms with E-state index < -0.39 is 0 Å². The molecule has 0 atom stereocenters. The minimum absolute atomic E-state index is 0. The molecule has 0 amide bonds. The number of aromatic amines is 8. The molecular weight excluding hydrogens is 1310 g/mol. The van der Waals surface area contributed by atoms with Gasteiger partial charge in [0.1, 0.15) is 0 Å². The Kier molecular flexibility index (Phi) is 18.4. The molecule has 24 heteroatoms. The molecule has 2 radical (unpaired) electrons. The second kappa shape index (κ2) is 27.5. The average Bonchev–Trinajstić information content (AvgIpc) is 2.00. The molecule has 0 fully saturated rings. The van der Waals surface area contributed by atoms with Crippen LogP contribution in [0.25, 0.3) is 169 Å². The number of benzene rings is 10. The molecule has 0 saturated carbocycles. The molecular formula is C70H48Cl2Co2N20. The number of rotatable bonds is 5. The summed E-state index contributed by atoms with van der Waals surface area (Å²) in [4.78, 5) is 80.1. The van der Waals surface area contributed by atoms with Crippen molar-refractivity contribution in [1.29, 1.82) is 0 Å². The van der Waals surface area contributed by atoms with E-state index in [2.05, 4.69) is 99.7 Å². The van der Waals surface area contributed by atoms with E-state index in [1.807, 2.05) is 243 Å². The van der Waals surface area contributed by atoms with Crippen LogP contribution in [0.3, 0.4) is 0 Å². The third-order valence-electron chi connectivity index (χ3n) is 14.9. The molecule has 10 aromatic heterocycles. The number of hydrogen-bond acceptors (Lipinski definition) is 10. The van der Waals surface area contributed by atoms with Gasteiger partial charge in [0.2, 0.25) is 0 Å². The Morgan fingerprint density at radius 3 is 0.489 bits per heavy atom. The zero-order chi connectivity index (χ0) is 59.7. The van der Waals surface area contributed by atoms with Crippen LogP contribution in [0.4, 0.5) is 0 Å². The van der Waals surface area contributed by atoms with E-state index >= 15 is 0 Å². The topological polar surface area (TPSA) is 283 Å². The Morgan fingerprint density at radius 1 is 0.181 bits per heavy atom. The monoisotopic (exact) mass is 1360 g/mol. The largest absolute Gasteiger partial charge is 2.00 e. The van der Waals surface area contributed by atoms with Crippen molar-refractivity contribution in [1.82, 2.24) is 99.7 Å². The molecule has 8 N–H and O–H groups in total.